The zero-order valence-corrected chi connectivity index (χ0v) is 11.9. The smallest absolute Gasteiger partial charge is 0.241 e. The number of hydrogen-bond donors (Lipinski definition) is 1. The van der Waals surface area contributed by atoms with E-state index in [9.17, 15) is 8.42 Å². The average Bonchev–Trinajstić information content (AvgIpc) is 2.74. The standard InChI is InChI=1S/C12H13ClN2O3S/c1-12(4-5-18-8-12)15-19(16,17)10-3-2-9(7-14)11(13)6-10/h2-3,6,15H,4-5,8H2,1H3. The van der Waals surface area contributed by atoms with Crippen molar-refractivity contribution in [1.82, 2.24) is 4.72 Å². The summed E-state index contributed by atoms with van der Waals surface area (Å²) in [5, 5.41) is 8.89. The van der Waals surface area contributed by atoms with Crippen molar-refractivity contribution < 1.29 is 13.2 Å². The Morgan fingerprint density at radius 2 is 2.26 bits per heavy atom. The molecule has 1 heterocycles. The van der Waals surface area contributed by atoms with Crippen molar-refractivity contribution >= 4 is 21.6 Å². The van der Waals surface area contributed by atoms with E-state index in [1.165, 1.54) is 18.2 Å². The Balaban J connectivity index is 2.30. The molecule has 0 radical (unpaired) electrons. The first-order valence-electron chi connectivity index (χ1n) is 5.68. The van der Waals surface area contributed by atoms with E-state index in [1.54, 1.807) is 6.92 Å². The lowest BCUT2D eigenvalue weighted by atomic mass is 10.0. The van der Waals surface area contributed by atoms with Gasteiger partial charge in [-0.2, -0.15) is 5.26 Å². The largest absolute Gasteiger partial charge is 0.379 e. The summed E-state index contributed by atoms with van der Waals surface area (Å²) in [4.78, 5) is 0.0459. The summed E-state index contributed by atoms with van der Waals surface area (Å²) >= 11 is 5.85. The molecule has 7 heteroatoms. The van der Waals surface area contributed by atoms with E-state index in [0.717, 1.165) is 0 Å². The van der Waals surface area contributed by atoms with Crippen LogP contribution in [0.2, 0.25) is 5.02 Å². The van der Waals surface area contributed by atoms with Gasteiger partial charge in [-0.25, -0.2) is 13.1 Å². The average molecular weight is 301 g/mol. The molecule has 1 aliphatic heterocycles. The highest BCUT2D eigenvalue weighted by Gasteiger charge is 2.34. The van der Waals surface area contributed by atoms with Crippen LogP contribution in [0.3, 0.4) is 0 Å². The van der Waals surface area contributed by atoms with Crippen LogP contribution in [0.15, 0.2) is 23.1 Å². The molecule has 19 heavy (non-hydrogen) atoms. The van der Waals surface area contributed by atoms with Crippen molar-refractivity contribution in [2.75, 3.05) is 13.2 Å². The Hall–Kier alpha value is -1.13. The number of nitriles is 1. The van der Waals surface area contributed by atoms with Crippen molar-refractivity contribution in [3.63, 3.8) is 0 Å². The lowest BCUT2D eigenvalue weighted by Gasteiger charge is -2.23. The number of ether oxygens (including phenoxy) is 1. The molecule has 0 aliphatic carbocycles. The van der Waals surface area contributed by atoms with Crippen LogP contribution in [0, 0.1) is 11.3 Å². The number of rotatable bonds is 3. The molecule has 1 atom stereocenters. The maximum absolute atomic E-state index is 12.2. The van der Waals surface area contributed by atoms with Gasteiger partial charge in [0.1, 0.15) is 6.07 Å². The maximum Gasteiger partial charge on any atom is 0.241 e. The highest BCUT2D eigenvalue weighted by atomic mass is 35.5. The van der Waals surface area contributed by atoms with Gasteiger partial charge in [-0.05, 0) is 31.5 Å². The molecule has 2 rings (SSSR count). The first-order valence-corrected chi connectivity index (χ1v) is 7.54. The molecule has 1 aliphatic rings. The Morgan fingerprint density at radius 1 is 1.53 bits per heavy atom. The fourth-order valence-electron chi connectivity index (χ4n) is 1.88. The number of hydrogen-bond acceptors (Lipinski definition) is 4. The van der Waals surface area contributed by atoms with Crippen LogP contribution >= 0.6 is 11.6 Å². The van der Waals surface area contributed by atoms with Crippen LogP contribution in [-0.2, 0) is 14.8 Å². The van der Waals surface area contributed by atoms with Gasteiger partial charge in [0.15, 0.2) is 0 Å². The van der Waals surface area contributed by atoms with Crippen LogP contribution in [0.25, 0.3) is 0 Å². The normalized spacial score (nSPS) is 23.2. The minimum atomic E-state index is -3.67. The molecule has 0 amide bonds. The Kier molecular flexibility index (Phi) is 3.83. The number of sulfonamides is 1. The highest BCUT2D eigenvalue weighted by molar-refractivity contribution is 7.89. The second kappa shape index (κ2) is 5.10. The third kappa shape index (κ3) is 3.07. The first kappa shape index (κ1) is 14.3. The molecule has 1 saturated heterocycles. The van der Waals surface area contributed by atoms with Crippen LogP contribution < -0.4 is 4.72 Å². The zero-order valence-electron chi connectivity index (χ0n) is 10.3. The lowest BCUT2D eigenvalue weighted by molar-refractivity contribution is 0.178. The summed E-state index contributed by atoms with van der Waals surface area (Å²) in [6.45, 7) is 2.67. The van der Waals surface area contributed by atoms with Gasteiger partial charge < -0.3 is 4.74 Å². The number of benzene rings is 1. The van der Waals surface area contributed by atoms with Crippen LogP contribution in [0.4, 0.5) is 0 Å². The monoisotopic (exact) mass is 300 g/mol. The number of nitrogens with zero attached hydrogens (tertiary/aromatic N) is 1. The summed E-state index contributed by atoms with van der Waals surface area (Å²) < 4.78 is 32.3. The van der Waals surface area contributed by atoms with Gasteiger partial charge in [0.05, 0.1) is 27.6 Å². The maximum atomic E-state index is 12.2. The second-order valence-corrected chi connectivity index (χ2v) is 6.81. The molecule has 102 valence electrons. The van der Waals surface area contributed by atoms with Gasteiger partial charge in [-0.15, -0.1) is 0 Å². The Bertz CT molecular complexity index is 631. The summed E-state index contributed by atoms with van der Waals surface area (Å²) in [6.07, 6.45) is 0.621. The van der Waals surface area contributed by atoms with Crippen LogP contribution in [-0.4, -0.2) is 27.2 Å². The van der Waals surface area contributed by atoms with Crippen molar-refractivity contribution in [2.24, 2.45) is 0 Å². The minimum Gasteiger partial charge on any atom is -0.379 e. The number of nitrogens with one attached hydrogen (secondary N) is 1. The van der Waals surface area contributed by atoms with Gasteiger partial charge >= 0.3 is 0 Å². The minimum absolute atomic E-state index is 0.0459. The third-order valence-electron chi connectivity index (χ3n) is 2.97. The molecule has 1 aromatic carbocycles. The summed E-state index contributed by atoms with van der Waals surface area (Å²) in [6, 6.07) is 5.93. The Labute approximate surface area is 117 Å². The Morgan fingerprint density at radius 3 is 2.79 bits per heavy atom. The summed E-state index contributed by atoms with van der Waals surface area (Å²) in [5.41, 5.74) is -0.352. The van der Waals surface area contributed by atoms with Crippen molar-refractivity contribution in [3.05, 3.63) is 28.8 Å². The fourth-order valence-corrected chi connectivity index (χ4v) is 3.62. The SMILES string of the molecule is CC1(NS(=O)(=O)c2ccc(C#N)c(Cl)c2)CCOC1. The van der Waals surface area contributed by atoms with Crippen molar-refractivity contribution in [2.45, 2.75) is 23.8 Å². The molecule has 5 nitrogen and oxygen atoms in total. The predicted molar refractivity (Wildman–Crippen MR) is 70.3 cm³/mol. The molecule has 0 spiro atoms. The molecule has 0 bridgehead atoms. The molecule has 1 fully saturated rings. The van der Waals surface area contributed by atoms with Gasteiger partial charge in [0.25, 0.3) is 0 Å². The fraction of sp³-hybridized carbons (Fsp3) is 0.417. The van der Waals surface area contributed by atoms with E-state index in [4.69, 9.17) is 21.6 Å². The van der Waals surface area contributed by atoms with E-state index in [-0.39, 0.29) is 15.5 Å². The summed E-state index contributed by atoms with van der Waals surface area (Å²) in [5.74, 6) is 0. The van der Waals surface area contributed by atoms with E-state index < -0.39 is 15.6 Å². The molecular formula is C12H13ClN2O3S. The zero-order chi connectivity index (χ0) is 14.1. The molecule has 0 aromatic heterocycles. The van der Waals surface area contributed by atoms with Crippen molar-refractivity contribution in [1.29, 1.82) is 5.26 Å². The topological polar surface area (TPSA) is 79.2 Å². The van der Waals surface area contributed by atoms with E-state index in [1.807, 2.05) is 6.07 Å². The first-order chi connectivity index (χ1) is 8.86. The molecule has 1 unspecified atom stereocenters. The highest BCUT2D eigenvalue weighted by Crippen LogP contribution is 2.24. The molecule has 1 aromatic rings. The van der Waals surface area contributed by atoms with Gasteiger partial charge in [0, 0.05) is 6.61 Å². The van der Waals surface area contributed by atoms with Gasteiger partial charge in [-0.1, -0.05) is 11.6 Å². The molecule has 1 N–H and O–H groups in total. The van der Waals surface area contributed by atoms with Crippen LogP contribution in [0.1, 0.15) is 18.9 Å². The van der Waals surface area contributed by atoms with Crippen molar-refractivity contribution in [3.8, 4) is 6.07 Å². The van der Waals surface area contributed by atoms with E-state index in [2.05, 4.69) is 4.72 Å². The number of halogens is 1. The second-order valence-electron chi connectivity index (χ2n) is 4.72. The molecular weight excluding hydrogens is 288 g/mol. The predicted octanol–water partition coefficient (Wildman–Crippen LogP) is 1.67. The third-order valence-corrected chi connectivity index (χ3v) is 4.92. The van der Waals surface area contributed by atoms with E-state index in [0.29, 0.717) is 19.6 Å². The molecule has 0 saturated carbocycles. The quantitative estimate of drug-likeness (QED) is 0.921. The van der Waals surface area contributed by atoms with E-state index >= 15 is 0 Å². The van der Waals surface area contributed by atoms with Gasteiger partial charge in [0.2, 0.25) is 10.0 Å². The lowest BCUT2D eigenvalue weighted by Crippen LogP contribution is -2.46. The van der Waals surface area contributed by atoms with Crippen LogP contribution in [0.5, 0.6) is 0 Å². The summed E-state index contributed by atoms with van der Waals surface area (Å²) in [7, 11) is -3.67. The van der Waals surface area contributed by atoms with Gasteiger partial charge in [-0.3, -0.25) is 0 Å².